The molecule has 0 aromatic rings. The summed E-state index contributed by atoms with van der Waals surface area (Å²) in [6.45, 7) is 3.24. The van der Waals surface area contributed by atoms with Crippen molar-refractivity contribution in [1.82, 2.24) is 0 Å². The van der Waals surface area contributed by atoms with Gasteiger partial charge in [-0.3, -0.25) is 4.18 Å². The van der Waals surface area contributed by atoms with Crippen LogP contribution in [0.3, 0.4) is 0 Å². The van der Waals surface area contributed by atoms with Crippen LogP contribution >= 0.6 is 0 Å². The van der Waals surface area contributed by atoms with E-state index in [1.807, 2.05) is 0 Å². The maximum atomic E-state index is 11.0. The van der Waals surface area contributed by atoms with Crippen LogP contribution in [0.2, 0.25) is 0 Å². The first kappa shape index (κ1) is 12.1. The lowest BCUT2D eigenvalue weighted by Crippen LogP contribution is -2.26. The number of nitrogens with two attached hydrogens (primary N) is 1. The molecule has 7 heteroatoms. The van der Waals surface area contributed by atoms with Crippen LogP contribution in [0.1, 0.15) is 19.3 Å². The summed E-state index contributed by atoms with van der Waals surface area (Å²) in [6, 6.07) is -0.231. The average Bonchev–Trinajstić information content (AvgIpc) is 2.50. The molecule has 0 spiro atoms. The van der Waals surface area contributed by atoms with Gasteiger partial charge in [0.15, 0.2) is 0 Å². The van der Waals surface area contributed by atoms with Gasteiger partial charge in [0.2, 0.25) is 5.96 Å². The van der Waals surface area contributed by atoms with Gasteiger partial charge in [-0.25, -0.2) is 9.98 Å². The quantitative estimate of drug-likeness (QED) is 0.418. The van der Waals surface area contributed by atoms with Gasteiger partial charge in [0.25, 0.3) is 10.1 Å². The Morgan fingerprint density at radius 1 is 1.53 bits per heavy atom. The fourth-order valence-electron chi connectivity index (χ4n) is 1.60. The third kappa shape index (κ3) is 3.96. The van der Waals surface area contributed by atoms with Crippen LogP contribution in [0, 0.1) is 0 Å². The highest BCUT2D eigenvalue weighted by atomic mass is 32.2. The Balaban J connectivity index is 2.69. The normalized spacial score (nSPS) is 27.9. The SMILES string of the molecule is C=NC(N)=N[C@H]1CCC[C@H]1OS(C)(=O)=O. The van der Waals surface area contributed by atoms with Crippen molar-refractivity contribution in [3.05, 3.63) is 0 Å². The Kier molecular flexibility index (Phi) is 3.81. The van der Waals surface area contributed by atoms with Crippen molar-refractivity contribution in [2.24, 2.45) is 15.7 Å². The number of nitrogens with zero attached hydrogens (tertiary/aromatic N) is 2. The Labute approximate surface area is 89.4 Å². The lowest BCUT2D eigenvalue weighted by Gasteiger charge is -2.14. The maximum Gasteiger partial charge on any atom is 0.264 e. The minimum absolute atomic E-state index is 0.0731. The molecule has 1 rings (SSSR count). The van der Waals surface area contributed by atoms with Gasteiger partial charge in [-0.2, -0.15) is 8.42 Å². The molecule has 1 fully saturated rings. The van der Waals surface area contributed by atoms with Gasteiger partial charge >= 0.3 is 0 Å². The first-order chi connectivity index (χ1) is 6.92. The van der Waals surface area contributed by atoms with Crippen molar-refractivity contribution < 1.29 is 12.6 Å². The summed E-state index contributed by atoms with van der Waals surface area (Å²) in [5.74, 6) is 0.0731. The molecule has 0 bridgehead atoms. The van der Waals surface area contributed by atoms with Crippen LogP contribution in [0.5, 0.6) is 0 Å². The predicted octanol–water partition coefficient (Wildman–Crippen LogP) is -0.101. The van der Waals surface area contributed by atoms with Gasteiger partial charge in [0.05, 0.1) is 18.4 Å². The molecular formula is C8H15N3O3S. The minimum Gasteiger partial charge on any atom is -0.368 e. The van der Waals surface area contributed by atoms with Crippen molar-refractivity contribution in [1.29, 1.82) is 0 Å². The summed E-state index contributed by atoms with van der Waals surface area (Å²) in [5.41, 5.74) is 5.39. The van der Waals surface area contributed by atoms with Gasteiger partial charge < -0.3 is 5.73 Å². The highest BCUT2D eigenvalue weighted by Gasteiger charge is 2.30. The molecule has 1 aliphatic carbocycles. The molecule has 0 aromatic carbocycles. The van der Waals surface area contributed by atoms with Crippen LogP contribution in [-0.2, 0) is 14.3 Å². The third-order valence-corrected chi connectivity index (χ3v) is 2.77. The average molecular weight is 233 g/mol. The Morgan fingerprint density at radius 2 is 2.20 bits per heavy atom. The molecule has 0 aliphatic heterocycles. The fraction of sp³-hybridized carbons (Fsp3) is 0.750. The fourth-order valence-corrected chi connectivity index (χ4v) is 2.28. The standard InChI is InChI=1S/C8H15N3O3S/c1-10-8(9)11-6-4-3-5-7(6)14-15(2,12)13/h6-7H,1,3-5H2,2H3,(H2,9,11)/t6-,7+/m0/s1. The second-order valence-electron chi connectivity index (χ2n) is 3.48. The van der Waals surface area contributed by atoms with E-state index < -0.39 is 16.2 Å². The van der Waals surface area contributed by atoms with Crippen molar-refractivity contribution >= 4 is 22.8 Å². The number of aliphatic imine (C=N–C) groups is 2. The van der Waals surface area contributed by atoms with Crippen LogP contribution < -0.4 is 5.73 Å². The molecule has 2 N–H and O–H groups in total. The van der Waals surface area contributed by atoms with E-state index in [0.29, 0.717) is 6.42 Å². The monoisotopic (exact) mass is 233 g/mol. The molecule has 0 saturated heterocycles. The topological polar surface area (TPSA) is 94.1 Å². The maximum absolute atomic E-state index is 11.0. The number of guanidine groups is 1. The molecule has 0 aromatic heterocycles. The molecule has 1 saturated carbocycles. The molecule has 1 aliphatic rings. The van der Waals surface area contributed by atoms with Gasteiger partial charge in [-0.1, -0.05) is 0 Å². The zero-order valence-electron chi connectivity index (χ0n) is 8.59. The molecule has 0 unspecified atom stereocenters. The molecule has 2 atom stereocenters. The predicted molar refractivity (Wildman–Crippen MR) is 58.5 cm³/mol. The minimum atomic E-state index is -3.44. The van der Waals surface area contributed by atoms with E-state index in [4.69, 9.17) is 9.92 Å². The Hall–Kier alpha value is -0.950. The van der Waals surface area contributed by atoms with Crippen molar-refractivity contribution in [3.8, 4) is 0 Å². The molecule has 15 heavy (non-hydrogen) atoms. The molecule has 0 radical (unpaired) electrons. The van der Waals surface area contributed by atoms with E-state index in [1.54, 1.807) is 0 Å². The number of rotatable bonds is 3. The van der Waals surface area contributed by atoms with E-state index in [-0.39, 0.29) is 12.0 Å². The zero-order chi connectivity index (χ0) is 11.5. The van der Waals surface area contributed by atoms with Crippen molar-refractivity contribution in [2.75, 3.05) is 6.26 Å². The summed E-state index contributed by atoms with van der Waals surface area (Å²) in [6.07, 6.45) is 2.92. The number of hydrogen-bond donors (Lipinski definition) is 1. The van der Waals surface area contributed by atoms with Crippen molar-refractivity contribution in [3.63, 3.8) is 0 Å². The smallest absolute Gasteiger partial charge is 0.264 e. The molecule has 6 nitrogen and oxygen atoms in total. The zero-order valence-corrected chi connectivity index (χ0v) is 9.40. The molecule has 0 amide bonds. The number of hydrogen-bond acceptors (Lipinski definition) is 4. The second kappa shape index (κ2) is 4.71. The summed E-state index contributed by atoms with van der Waals surface area (Å²) in [7, 11) is -3.44. The highest BCUT2D eigenvalue weighted by Crippen LogP contribution is 2.26. The first-order valence-electron chi connectivity index (χ1n) is 4.60. The highest BCUT2D eigenvalue weighted by molar-refractivity contribution is 7.86. The van der Waals surface area contributed by atoms with Crippen LogP contribution in [0.15, 0.2) is 9.98 Å². The largest absolute Gasteiger partial charge is 0.368 e. The lowest BCUT2D eigenvalue weighted by atomic mass is 10.2. The Bertz CT molecular complexity index is 363. The molecule has 86 valence electrons. The Morgan fingerprint density at radius 3 is 2.73 bits per heavy atom. The van der Waals surface area contributed by atoms with Crippen LogP contribution in [-0.4, -0.2) is 39.5 Å². The summed E-state index contributed by atoms with van der Waals surface area (Å²) < 4.78 is 26.8. The van der Waals surface area contributed by atoms with Crippen LogP contribution in [0.25, 0.3) is 0 Å². The van der Waals surface area contributed by atoms with Crippen molar-refractivity contribution in [2.45, 2.75) is 31.4 Å². The summed E-state index contributed by atoms with van der Waals surface area (Å²) >= 11 is 0. The van der Waals surface area contributed by atoms with E-state index in [2.05, 4.69) is 16.7 Å². The van der Waals surface area contributed by atoms with E-state index in [1.165, 1.54) is 0 Å². The van der Waals surface area contributed by atoms with Gasteiger partial charge in [0.1, 0.15) is 0 Å². The summed E-state index contributed by atoms with van der Waals surface area (Å²) in [5, 5.41) is 0. The third-order valence-electron chi connectivity index (χ3n) is 2.18. The van der Waals surface area contributed by atoms with E-state index in [0.717, 1.165) is 19.1 Å². The van der Waals surface area contributed by atoms with E-state index >= 15 is 0 Å². The summed E-state index contributed by atoms with van der Waals surface area (Å²) in [4.78, 5) is 7.49. The lowest BCUT2D eigenvalue weighted by molar-refractivity contribution is 0.202. The molecule has 0 heterocycles. The molecular weight excluding hydrogens is 218 g/mol. The van der Waals surface area contributed by atoms with Gasteiger partial charge in [-0.15, -0.1) is 0 Å². The van der Waals surface area contributed by atoms with E-state index in [9.17, 15) is 8.42 Å². The second-order valence-corrected chi connectivity index (χ2v) is 5.08. The first-order valence-corrected chi connectivity index (χ1v) is 6.42. The van der Waals surface area contributed by atoms with Gasteiger partial charge in [0, 0.05) is 0 Å². The van der Waals surface area contributed by atoms with Gasteiger partial charge in [-0.05, 0) is 26.0 Å². The van der Waals surface area contributed by atoms with Crippen LogP contribution in [0.4, 0.5) is 0 Å².